The molecule has 0 aliphatic heterocycles. The molecule has 4 heteroatoms. The van der Waals surface area contributed by atoms with Crippen molar-refractivity contribution in [2.75, 3.05) is 12.8 Å². The Morgan fingerprint density at radius 1 is 1.53 bits per heavy atom. The summed E-state index contributed by atoms with van der Waals surface area (Å²) in [5.74, 6) is 0.217. The summed E-state index contributed by atoms with van der Waals surface area (Å²) in [5, 5.41) is 13.1. The largest absolute Gasteiger partial charge is 0.506 e. The van der Waals surface area contributed by atoms with Crippen molar-refractivity contribution in [3.63, 3.8) is 0 Å². The van der Waals surface area contributed by atoms with E-state index in [4.69, 9.17) is 5.11 Å². The number of hydrogen-bond acceptors (Lipinski definition) is 4. The van der Waals surface area contributed by atoms with Crippen LogP contribution in [0.1, 0.15) is 19.0 Å². The molecule has 84 valence electrons. The molecule has 0 saturated carbocycles. The summed E-state index contributed by atoms with van der Waals surface area (Å²) >= 11 is 1.88. The molecule has 15 heavy (non-hydrogen) atoms. The van der Waals surface area contributed by atoms with E-state index >= 15 is 0 Å². The minimum absolute atomic E-state index is 0.217. The lowest BCUT2D eigenvalue weighted by Crippen LogP contribution is -2.18. The van der Waals surface area contributed by atoms with Crippen LogP contribution in [0.5, 0.6) is 5.75 Å². The fraction of sp³-hybridized carbons (Fsp3) is 0.545. The molecule has 2 N–H and O–H groups in total. The summed E-state index contributed by atoms with van der Waals surface area (Å²) in [6, 6.07) is 3.49. The van der Waals surface area contributed by atoms with Crippen LogP contribution < -0.4 is 5.32 Å². The number of nitrogens with zero attached hydrogens (tertiary/aromatic N) is 1. The molecule has 1 rings (SSSR count). The second-order valence-corrected chi connectivity index (χ2v) is 4.80. The molecule has 0 aliphatic rings. The number of aromatic nitrogens is 1. The molecule has 1 unspecified atom stereocenters. The molecule has 1 atom stereocenters. The Morgan fingerprint density at radius 3 is 2.93 bits per heavy atom. The van der Waals surface area contributed by atoms with Gasteiger partial charge in [0.15, 0.2) is 0 Å². The van der Waals surface area contributed by atoms with Gasteiger partial charge in [0.05, 0.1) is 11.9 Å². The highest BCUT2D eigenvalue weighted by atomic mass is 32.2. The highest BCUT2D eigenvalue weighted by molar-refractivity contribution is 7.99. The number of aromatic hydroxyl groups is 1. The molecular weight excluding hydrogens is 208 g/mol. The van der Waals surface area contributed by atoms with E-state index in [9.17, 15) is 0 Å². The van der Waals surface area contributed by atoms with Gasteiger partial charge in [-0.3, -0.25) is 4.98 Å². The van der Waals surface area contributed by atoms with Gasteiger partial charge in [0.1, 0.15) is 5.75 Å². The Kier molecular flexibility index (Phi) is 5.50. The zero-order valence-electron chi connectivity index (χ0n) is 9.23. The third-order valence-electron chi connectivity index (χ3n) is 2.25. The monoisotopic (exact) mass is 226 g/mol. The van der Waals surface area contributed by atoms with Gasteiger partial charge in [-0.1, -0.05) is 6.92 Å². The molecule has 0 radical (unpaired) electrons. The van der Waals surface area contributed by atoms with Crippen LogP contribution in [0.25, 0.3) is 0 Å². The number of hydrogen-bond donors (Lipinski definition) is 2. The van der Waals surface area contributed by atoms with Gasteiger partial charge in [-0.15, -0.1) is 0 Å². The number of thioether (sulfide) groups is 1. The fourth-order valence-electron chi connectivity index (χ4n) is 1.16. The molecule has 0 spiro atoms. The van der Waals surface area contributed by atoms with Crippen LogP contribution in [0.2, 0.25) is 0 Å². The van der Waals surface area contributed by atoms with Gasteiger partial charge in [0.2, 0.25) is 0 Å². The van der Waals surface area contributed by atoms with Crippen LogP contribution in [0.3, 0.4) is 0 Å². The lowest BCUT2D eigenvalue weighted by Gasteiger charge is -2.08. The van der Waals surface area contributed by atoms with Gasteiger partial charge in [0.25, 0.3) is 0 Å². The highest BCUT2D eigenvalue weighted by Crippen LogP contribution is 2.08. The van der Waals surface area contributed by atoms with Crippen LogP contribution in [0.15, 0.2) is 18.3 Å². The van der Waals surface area contributed by atoms with Gasteiger partial charge in [-0.05, 0) is 31.4 Å². The molecule has 0 bridgehead atoms. The van der Waals surface area contributed by atoms with E-state index in [1.54, 1.807) is 6.07 Å². The van der Waals surface area contributed by atoms with Crippen LogP contribution in [0.4, 0.5) is 0 Å². The normalized spacial score (nSPS) is 12.7. The first kappa shape index (κ1) is 12.3. The van der Waals surface area contributed by atoms with Crippen molar-refractivity contribution in [3.8, 4) is 5.75 Å². The first-order valence-electron chi connectivity index (χ1n) is 5.09. The van der Waals surface area contributed by atoms with Crippen molar-refractivity contribution in [2.24, 2.45) is 0 Å². The Morgan fingerprint density at radius 2 is 2.33 bits per heavy atom. The van der Waals surface area contributed by atoms with E-state index < -0.39 is 0 Å². The van der Waals surface area contributed by atoms with Gasteiger partial charge in [-0.25, -0.2) is 0 Å². The molecular formula is C11H18N2OS. The summed E-state index contributed by atoms with van der Waals surface area (Å²) in [6.45, 7) is 4.00. The van der Waals surface area contributed by atoms with Crippen molar-refractivity contribution >= 4 is 11.8 Å². The summed E-state index contributed by atoms with van der Waals surface area (Å²) in [7, 11) is 0. The zero-order valence-corrected chi connectivity index (χ0v) is 10.0. The van der Waals surface area contributed by atoms with Crippen LogP contribution in [-0.2, 0) is 6.54 Å². The highest BCUT2D eigenvalue weighted by Gasteiger charge is 1.99. The topological polar surface area (TPSA) is 45.1 Å². The minimum Gasteiger partial charge on any atom is -0.506 e. The van der Waals surface area contributed by atoms with E-state index in [-0.39, 0.29) is 5.75 Å². The van der Waals surface area contributed by atoms with Crippen molar-refractivity contribution in [2.45, 2.75) is 25.1 Å². The molecule has 0 saturated heterocycles. The van der Waals surface area contributed by atoms with Crippen LogP contribution in [-0.4, -0.2) is 28.1 Å². The number of nitrogens with one attached hydrogen (secondary N) is 1. The maximum Gasteiger partial charge on any atom is 0.133 e. The lowest BCUT2D eigenvalue weighted by atomic mass is 10.3. The fourth-order valence-corrected chi connectivity index (χ4v) is 1.51. The molecule has 0 aromatic carbocycles. The van der Waals surface area contributed by atoms with E-state index in [0.717, 1.165) is 18.8 Å². The molecule has 0 aliphatic carbocycles. The van der Waals surface area contributed by atoms with E-state index in [2.05, 4.69) is 23.5 Å². The maximum atomic E-state index is 9.05. The third-order valence-corrected chi connectivity index (χ3v) is 3.29. The molecule has 0 amide bonds. The van der Waals surface area contributed by atoms with E-state index in [1.165, 1.54) is 12.6 Å². The third kappa shape index (κ3) is 5.04. The van der Waals surface area contributed by atoms with Gasteiger partial charge >= 0.3 is 0 Å². The van der Waals surface area contributed by atoms with Crippen LogP contribution in [0, 0.1) is 0 Å². The zero-order chi connectivity index (χ0) is 11.1. The molecule has 1 heterocycles. The van der Waals surface area contributed by atoms with Crippen molar-refractivity contribution in [1.82, 2.24) is 10.3 Å². The summed E-state index contributed by atoms with van der Waals surface area (Å²) < 4.78 is 0. The van der Waals surface area contributed by atoms with Gasteiger partial charge in [-0.2, -0.15) is 11.8 Å². The van der Waals surface area contributed by atoms with E-state index in [0.29, 0.717) is 5.25 Å². The quantitative estimate of drug-likeness (QED) is 0.728. The smallest absolute Gasteiger partial charge is 0.133 e. The van der Waals surface area contributed by atoms with Gasteiger partial charge < -0.3 is 10.4 Å². The van der Waals surface area contributed by atoms with Crippen molar-refractivity contribution < 1.29 is 5.11 Å². The second-order valence-electron chi connectivity index (χ2n) is 3.52. The SMILES string of the molecule is CSC(C)CCNCc1ccc(O)cn1. The Hall–Kier alpha value is -0.740. The predicted molar refractivity (Wildman–Crippen MR) is 65.2 cm³/mol. The Balaban J connectivity index is 2.17. The first-order chi connectivity index (χ1) is 7.22. The van der Waals surface area contributed by atoms with Crippen molar-refractivity contribution in [1.29, 1.82) is 0 Å². The molecule has 1 aromatic heterocycles. The molecule has 1 aromatic rings. The summed E-state index contributed by atoms with van der Waals surface area (Å²) in [6.07, 6.45) is 4.77. The minimum atomic E-state index is 0.217. The second kappa shape index (κ2) is 6.69. The summed E-state index contributed by atoms with van der Waals surface area (Å²) in [5.41, 5.74) is 0.963. The average Bonchev–Trinajstić information content (AvgIpc) is 2.26. The van der Waals surface area contributed by atoms with Crippen molar-refractivity contribution in [3.05, 3.63) is 24.0 Å². The standard InChI is InChI=1S/C11H18N2OS/c1-9(15-2)5-6-12-7-10-3-4-11(14)8-13-10/h3-4,8-9,12,14H,5-7H2,1-2H3. The Bertz CT molecular complexity index is 276. The van der Waals surface area contributed by atoms with E-state index in [1.807, 2.05) is 17.8 Å². The Labute approximate surface area is 95.3 Å². The first-order valence-corrected chi connectivity index (χ1v) is 6.38. The number of rotatable bonds is 6. The predicted octanol–water partition coefficient (Wildman–Crippen LogP) is 2.02. The molecule has 3 nitrogen and oxygen atoms in total. The maximum absolute atomic E-state index is 9.05. The van der Waals surface area contributed by atoms with Gasteiger partial charge in [0, 0.05) is 11.8 Å². The number of pyridine rings is 1. The lowest BCUT2D eigenvalue weighted by molar-refractivity contribution is 0.471. The van der Waals surface area contributed by atoms with Crippen LogP contribution >= 0.6 is 11.8 Å². The summed E-state index contributed by atoms with van der Waals surface area (Å²) in [4.78, 5) is 4.10. The average molecular weight is 226 g/mol. The molecule has 0 fully saturated rings.